The van der Waals surface area contributed by atoms with Crippen molar-refractivity contribution in [3.05, 3.63) is 21.9 Å². The maximum Gasteiger partial charge on any atom is 0.0885 e. The molecule has 2 unspecified atom stereocenters. The second-order valence-corrected chi connectivity index (χ2v) is 5.34. The largest absolute Gasteiger partial charge is 0.388 e. The van der Waals surface area contributed by atoms with Crippen LogP contribution < -0.4 is 0 Å². The molecule has 0 spiro atoms. The smallest absolute Gasteiger partial charge is 0.0885 e. The summed E-state index contributed by atoms with van der Waals surface area (Å²) >= 11 is 1.67. The Morgan fingerprint density at radius 3 is 3.19 bits per heavy atom. The molecule has 0 aromatic carbocycles. The van der Waals surface area contributed by atoms with E-state index in [9.17, 15) is 5.11 Å². The van der Waals surface area contributed by atoms with Crippen LogP contribution in [0.25, 0.3) is 0 Å². The van der Waals surface area contributed by atoms with E-state index in [4.69, 9.17) is 4.74 Å². The van der Waals surface area contributed by atoms with Gasteiger partial charge in [0.05, 0.1) is 12.2 Å². The summed E-state index contributed by atoms with van der Waals surface area (Å²) in [6, 6.07) is 2.12. The van der Waals surface area contributed by atoms with Crippen molar-refractivity contribution in [2.75, 3.05) is 6.61 Å². The van der Waals surface area contributed by atoms with Crippen LogP contribution in [0.4, 0.5) is 0 Å². The van der Waals surface area contributed by atoms with E-state index in [1.165, 1.54) is 12.0 Å². The van der Waals surface area contributed by atoms with Gasteiger partial charge in [0, 0.05) is 11.5 Å². The highest BCUT2D eigenvalue weighted by Crippen LogP contribution is 2.29. The molecule has 2 atom stereocenters. The summed E-state index contributed by atoms with van der Waals surface area (Å²) in [7, 11) is 0. The minimum absolute atomic E-state index is 0.292. The number of ether oxygens (including phenoxy) is 1. The molecule has 1 aromatic heterocycles. The summed E-state index contributed by atoms with van der Waals surface area (Å²) in [5, 5.41) is 12.2. The van der Waals surface area contributed by atoms with Gasteiger partial charge in [0.2, 0.25) is 0 Å². The van der Waals surface area contributed by atoms with E-state index in [2.05, 4.69) is 18.4 Å². The second-order valence-electron chi connectivity index (χ2n) is 4.39. The van der Waals surface area contributed by atoms with Gasteiger partial charge in [-0.1, -0.05) is 6.92 Å². The van der Waals surface area contributed by atoms with Crippen molar-refractivity contribution in [3.8, 4) is 0 Å². The molecule has 16 heavy (non-hydrogen) atoms. The Kier molecular flexibility index (Phi) is 4.38. The van der Waals surface area contributed by atoms with Crippen molar-refractivity contribution in [1.29, 1.82) is 0 Å². The van der Waals surface area contributed by atoms with E-state index >= 15 is 0 Å². The molecule has 1 aliphatic rings. The highest BCUT2D eigenvalue weighted by molar-refractivity contribution is 7.10. The molecule has 1 fully saturated rings. The number of aryl methyl sites for hydroxylation is 1. The van der Waals surface area contributed by atoms with Crippen LogP contribution >= 0.6 is 11.3 Å². The van der Waals surface area contributed by atoms with E-state index in [1.807, 2.05) is 0 Å². The predicted octanol–water partition coefficient (Wildman–Crippen LogP) is 3.30. The normalized spacial score (nSPS) is 22.5. The van der Waals surface area contributed by atoms with Gasteiger partial charge >= 0.3 is 0 Å². The van der Waals surface area contributed by atoms with Crippen molar-refractivity contribution in [3.63, 3.8) is 0 Å². The minimum Gasteiger partial charge on any atom is -0.388 e. The summed E-state index contributed by atoms with van der Waals surface area (Å²) in [6.07, 6.45) is 5.27. The van der Waals surface area contributed by atoms with Crippen molar-refractivity contribution >= 4 is 11.3 Å². The predicted molar refractivity (Wildman–Crippen MR) is 66.9 cm³/mol. The first-order chi connectivity index (χ1) is 7.81. The molecule has 0 radical (unpaired) electrons. The first-order valence-corrected chi connectivity index (χ1v) is 7.05. The summed E-state index contributed by atoms with van der Waals surface area (Å²) in [4.78, 5) is 1.15. The molecule has 1 aliphatic heterocycles. The van der Waals surface area contributed by atoms with Gasteiger partial charge < -0.3 is 9.84 Å². The van der Waals surface area contributed by atoms with Gasteiger partial charge in [-0.05, 0) is 49.1 Å². The molecule has 0 aliphatic carbocycles. The molecule has 0 amide bonds. The Labute approximate surface area is 101 Å². The number of aliphatic hydroxyl groups excluding tert-OH is 1. The van der Waals surface area contributed by atoms with Crippen LogP contribution in [0.3, 0.4) is 0 Å². The SMILES string of the molecule is CCc1ccsc1C(O)CCC1CCCO1. The third-order valence-corrected chi connectivity index (χ3v) is 4.31. The third kappa shape index (κ3) is 2.84. The fraction of sp³-hybridized carbons (Fsp3) is 0.692. The highest BCUT2D eigenvalue weighted by Gasteiger charge is 2.19. The molecule has 1 N–H and O–H groups in total. The van der Waals surface area contributed by atoms with Crippen LogP contribution in [0, 0.1) is 0 Å². The molecular formula is C13H20O2S. The van der Waals surface area contributed by atoms with Gasteiger partial charge in [-0.25, -0.2) is 0 Å². The summed E-state index contributed by atoms with van der Waals surface area (Å²) < 4.78 is 5.57. The van der Waals surface area contributed by atoms with Crippen molar-refractivity contribution in [2.24, 2.45) is 0 Å². The van der Waals surface area contributed by atoms with Gasteiger partial charge in [-0.2, -0.15) is 0 Å². The lowest BCUT2D eigenvalue weighted by molar-refractivity contribution is 0.0819. The molecule has 2 heterocycles. The third-order valence-electron chi connectivity index (χ3n) is 3.25. The zero-order valence-corrected chi connectivity index (χ0v) is 10.6. The number of thiophene rings is 1. The lowest BCUT2D eigenvalue weighted by atomic mass is 10.0. The Morgan fingerprint density at radius 1 is 1.62 bits per heavy atom. The van der Waals surface area contributed by atoms with E-state index in [1.54, 1.807) is 11.3 Å². The van der Waals surface area contributed by atoms with Crippen molar-refractivity contribution in [2.45, 2.75) is 51.2 Å². The molecule has 0 bridgehead atoms. The fourth-order valence-electron chi connectivity index (χ4n) is 2.28. The molecule has 0 saturated carbocycles. The van der Waals surface area contributed by atoms with Crippen molar-refractivity contribution < 1.29 is 9.84 Å². The lowest BCUT2D eigenvalue weighted by Gasteiger charge is -2.14. The first kappa shape index (κ1) is 12.1. The van der Waals surface area contributed by atoms with Crippen LogP contribution in [0.1, 0.15) is 49.2 Å². The maximum absolute atomic E-state index is 10.1. The van der Waals surface area contributed by atoms with E-state index in [-0.39, 0.29) is 6.10 Å². The summed E-state index contributed by atoms with van der Waals surface area (Å²) in [5.41, 5.74) is 1.30. The Bertz CT molecular complexity index is 315. The zero-order valence-electron chi connectivity index (χ0n) is 9.82. The Balaban J connectivity index is 1.84. The van der Waals surface area contributed by atoms with Gasteiger partial charge in [0.15, 0.2) is 0 Å². The molecule has 2 rings (SSSR count). The van der Waals surface area contributed by atoms with Crippen molar-refractivity contribution in [1.82, 2.24) is 0 Å². The average Bonchev–Trinajstić information content (AvgIpc) is 2.96. The van der Waals surface area contributed by atoms with Gasteiger partial charge in [-0.3, -0.25) is 0 Å². The average molecular weight is 240 g/mol. The minimum atomic E-state index is -0.292. The van der Waals surface area contributed by atoms with Gasteiger partial charge in [-0.15, -0.1) is 11.3 Å². The topological polar surface area (TPSA) is 29.5 Å². The summed E-state index contributed by atoms with van der Waals surface area (Å²) in [6.45, 7) is 3.04. The second kappa shape index (κ2) is 5.80. The first-order valence-electron chi connectivity index (χ1n) is 6.17. The van der Waals surface area contributed by atoms with Crippen LogP contribution in [0.15, 0.2) is 11.4 Å². The molecule has 1 aromatic rings. The van der Waals surface area contributed by atoms with Crippen LogP contribution in [-0.4, -0.2) is 17.8 Å². The van der Waals surface area contributed by atoms with Crippen LogP contribution in [0.2, 0.25) is 0 Å². The molecule has 3 heteroatoms. The van der Waals surface area contributed by atoms with E-state index in [0.717, 1.165) is 37.2 Å². The number of rotatable bonds is 5. The molecule has 1 saturated heterocycles. The Hall–Kier alpha value is -0.380. The number of hydrogen-bond donors (Lipinski definition) is 1. The van der Waals surface area contributed by atoms with E-state index < -0.39 is 0 Å². The maximum atomic E-state index is 10.1. The van der Waals surface area contributed by atoms with Gasteiger partial charge in [0.25, 0.3) is 0 Å². The van der Waals surface area contributed by atoms with Gasteiger partial charge in [0.1, 0.15) is 0 Å². The zero-order chi connectivity index (χ0) is 11.4. The fourth-order valence-corrected chi connectivity index (χ4v) is 3.30. The highest BCUT2D eigenvalue weighted by atomic mass is 32.1. The number of hydrogen-bond acceptors (Lipinski definition) is 3. The standard InChI is InChI=1S/C13H20O2S/c1-2-10-7-9-16-13(10)12(14)6-5-11-4-3-8-15-11/h7,9,11-12,14H,2-6,8H2,1H3. The molecular weight excluding hydrogens is 220 g/mol. The van der Waals surface area contributed by atoms with Crippen LogP contribution in [0.5, 0.6) is 0 Å². The van der Waals surface area contributed by atoms with Crippen LogP contribution in [-0.2, 0) is 11.2 Å². The van der Waals surface area contributed by atoms with E-state index in [0.29, 0.717) is 6.10 Å². The number of aliphatic hydroxyl groups is 1. The Morgan fingerprint density at radius 2 is 2.50 bits per heavy atom. The summed E-state index contributed by atoms with van der Waals surface area (Å²) in [5.74, 6) is 0. The molecule has 2 nitrogen and oxygen atoms in total. The quantitative estimate of drug-likeness (QED) is 0.855. The molecule has 90 valence electrons. The lowest BCUT2D eigenvalue weighted by Crippen LogP contribution is -2.08. The monoisotopic (exact) mass is 240 g/mol.